The summed E-state index contributed by atoms with van der Waals surface area (Å²) in [6.45, 7) is 0.296. The third-order valence-electron chi connectivity index (χ3n) is 2.81. The Morgan fingerprint density at radius 3 is 2.70 bits per heavy atom. The SMILES string of the molecule is N#C/C(=N\Nc1cccc(OCc2ccc(F)cc2)c1)C(=N)N. The number of nitrogens with one attached hydrogen (secondary N) is 2. The van der Waals surface area contributed by atoms with Crippen molar-refractivity contribution >= 4 is 17.2 Å². The molecule has 0 spiro atoms. The first-order valence-corrected chi connectivity index (χ1v) is 6.64. The third-order valence-corrected chi connectivity index (χ3v) is 2.81. The Morgan fingerprint density at radius 2 is 2.04 bits per heavy atom. The Morgan fingerprint density at radius 1 is 1.30 bits per heavy atom. The van der Waals surface area contributed by atoms with Gasteiger partial charge in [0.2, 0.25) is 5.71 Å². The average molecular weight is 311 g/mol. The fourth-order valence-electron chi connectivity index (χ4n) is 1.67. The molecule has 0 heterocycles. The average Bonchev–Trinajstić information content (AvgIpc) is 2.55. The maximum atomic E-state index is 12.8. The first kappa shape index (κ1) is 16.0. The number of amidine groups is 1. The molecule has 2 rings (SSSR count). The molecule has 23 heavy (non-hydrogen) atoms. The Labute approximate surface area is 132 Å². The number of benzene rings is 2. The molecule has 0 radical (unpaired) electrons. The minimum Gasteiger partial charge on any atom is -0.489 e. The third kappa shape index (κ3) is 4.82. The van der Waals surface area contributed by atoms with Gasteiger partial charge < -0.3 is 10.5 Å². The van der Waals surface area contributed by atoms with Crippen molar-refractivity contribution in [3.8, 4) is 11.8 Å². The molecule has 0 aliphatic heterocycles. The molecule has 2 aromatic rings. The maximum absolute atomic E-state index is 12.8. The van der Waals surface area contributed by atoms with Crippen LogP contribution in [0.5, 0.6) is 5.75 Å². The number of hydrogen-bond acceptors (Lipinski definition) is 5. The molecule has 7 heteroatoms. The minimum absolute atomic E-state index is 0.206. The van der Waals surface area contributed by atoms with E-state index in [0.717, 1.165) is 5.56 Å². The van der Waals surface area contributed by atoms with Crippen LogP contribution < -0.4 is 15.9 Å². The van der Waals surface area contributed by atoms with Crippen LogP contribution in [0.2, 0.25) is 0 Å². The lowest BCUT2D eigenvalue weighted by Crippen LogP contribution is -2.21. The second kappa shape index (κ2) is 7.56. The molecule has 0 saturated heterocycles. The summed E-state index contributed by atoms with van der Waals surface area (Å²) >= 11 is 0. The van der Waals surface area contributed by atoms with Crippen molar-refractivity contribution in [2.45, 2.75) is 6.61 Å². The van der Waals surface area contributed by atoms with Crippen molar-refractivity contribution in [3.63, 3.8) is 0 Å². The number of rotatable bonds is 6. The molecule has 4 N–H and O–H groups in total. The predicted molar refractivity (Wildman–Crippen MR) is 85.8 cm³/mol. The highest BCUT2D eigenvalue weighted by atomic mass is 19.1. The fourth-order valence-corrected chi connectivity index (χ4v) is 1.67. The van der Waals surface area contributed by atoms with Crippen LogP contribution in [0.4, 0.5) is 10.1 Å². The number of halogens is 1. The van der Waals surface area contributed by atoms with Gasteiger partial charge in [-0.15, -0.1) is 0 Å². The van der Waals surface area contributed by atoms with E-state index in [1.807, 2.05) is 0 Å². The van der Waals surface area contributed by atoms with E-state index in [1.54, 1.807) is 42.5 Å². The lowest BCUT2D eigenvalue weighted by Gasteiger charge is -2.08. The Kier molecular flexibility index (Phi) is 5.25. The van der Waals surface area contributed by atoms with E-state index in [1.165, 1.54) is 12.1 Å². The van der Waals surface area contributed by atoms with Crippen molar-refractivity contribution < 1.29 is 9.13 Å². The van der Waals surface area contributed by atoms with Gasteiger partial charge in [0, 0.05) is 6.07 Å². The van der Waals surface area contributed by atoms with Crippen LogP contribution in [0.15, 0.2) is 53.6 Å². The molecule has 0 aliphatic rings. The molecule has 116 valence electrons. The summed E-state index contributed by atoms with van der Waals surface area (Å²) in [6.07, 6.45) is 0. The fraction of sp³-hybridized carbons (Fsp3) is 0.0625. The summed E-state index contributed by atoms with van der Waals surface area (Å²) in [4.78, 5) is 0. The number of nitrogens with two attached hydrogens (primary N) is 1. The minimum atomic E-state index is -0.413. The normalized spacial score (nSPS) is 10.7. The van der Waals surface area contributed by atoms with Crippen LogP contribution in [-0.2, 0) is 6.61 Å². The second-order valence-electron chi connectivity index (χ2n) is 4.54. The van der Waals surface area contributed by atoms with Crippen LogP contribution in [-0.4, -0.2) is 11.5 Å². The Hall–Kier alpha value is -3.40. The molecule has 2 aromatic carbocycles. The molecule has 0 aliphatic carbocycles. The van der Waals surface area contributed by atoms with Crippen LogP contribution in [0, 0.1) is 22.6 Å². The zero-order chi connectivity index (χ0) is 16.7. The maximum Gasteiger partial charge on any atom is 0.201 e. The number of hydrazone groups is 1. The number of nitriles is 1. The van der Waals surface area contributed by atoms with Crippen molar-refractivity contribution in [2.75, 3.05) is 5.43 Å². The van der Waals surface area contributed by atoms with Crippen LogP contribution in [0.3, 0.4) is 0 Å². The topological polar surface area (TPSA) is 107 Å². The predicted octanol–water partition coefficient (Wildman–Crippen LogP) is 2.63. The van der Waals surface area contributed by atoms with Gasteiger partial charge in [-0.05, 0) is 29.8 Å². The van der Waals surface area contributed by atoms with Crippen LogP contribution >= 0.6 is 0 Å². The van der Waals surface area contributed by atoms with Gasteiger partial charge in [-0.2, -0.15) is 10.4 Å². The van der Waals surface area contributed by atoms with Gasteiger partial charge in [0.05, 0.1) is 5.69 Å². The number of anilines is 1. The highest BCUT2D eigenvalue weighted by molar-refractivity contribution is 6.45. The van der Waals surface area contributed by atoms with Crippen molar-refractivity contribution in [2.24, 2.45) is 10.8 Å². The molecule has 0 fully saturated rings. The van der Waals surface area contributed by atoms with Crippen LogP contribution in [0.25, 0.3) is 0 Å². The number of ether oxygens (including phenoxy) is 1. The summed E-state index contributed by atoms with van der Waals surface area (Å²) in [5.74, 6) is -0.129. The van der Waals surface area contributed by atoms with Crippen molar-refractivity contribution in [1.29, 1.82) is 10.7 Å². The van der Waals surface area contributed by atoms with E-state index in [-0.39, 0.29) is 11.5 Å². The first-order valence-electron chi connectivity index (χ1n) is 6.64. The molecule has 0 saturated carbocycles. The quantitative estimate of drug-likeness (QED) is 0.433. The van der Waals surface area contributed by atoms with E-state index in [0.29, 0.717) is 18.0 Å². The monoisotopic (exact) mass is 311 g/mol. The van der Waals surface area contributed by atoms with Crippen molar-refractivity contribution in [1.82, 2.24) is 0 Å². The molecule has 0 unspecified atom stereocenters. The van der Waals surface area contributed by atoms with Gasteiger partial charge >= 0.3 is 0 Å². The molecule has 6 nitrogen and oxygen atoms in total. The largest absolute Gasteiger partial charge is 0.489 e. The summed E-state index contributed by atoms with van der Waals surface area (Å²) in [6, 6.07) is 14.7. The zero-order valence-electron chi connectivity index (χ0n) is 12.1. The smallest absolute Gasteiger partial charge is 0.201 e. The Bertz CT molecular complexity index is 765. The lowest BCUT2D eigenvalue weighted by molar-refractivity contribution is 0.306. The van der Waals surface area contributed by atoms with Gasteiger partial charge in [-0.3, -0.25) is 10.8 Å². The first-order chi connectivity index (χ1) is 11.1. The highest BCUT2D eigenvalue weighted by Gasteiger charge is 2.02. The summed E-state index contributed by atoms with van der Waals surface area (Å²) in [5, 5.41) is 19.7. The van der Waals surface area contributed by atoms with Gasteiger partial charge in [0.25, 0.3) is 0 Å². The number of hydrogen-bond donors (Lipinski definition) is 3. The van der Waals surface area contributed by atoms with Gasteiger partial charge in [0.15, 0.2) is 5.84 Å². The Balaban J connectivity index is 2.01. The molecule has 0 atom stereocenters. The summed E-state index contributed by atoms with van der Waals surface area (Å²) in [5.41, 5.74) is 9.05. The standard InChI is InChI=1S/C16H14FN5O/c17-12-6-4-11(5-7-12)10-23-14-3-1-2-13(8-14)21-22-15(9-18)16(19)20/h1-8,21H,10H2,(H3,19,20)/b22-15+. The van der Waals surface area contributed by atoms with Gasteiger partial charge in [0.1, 0.15) is 24.2 Å². The van der Waals surface area contributed by atoms with E-state index in [4.69, 9.17) is 21.1 Å². The summed E-state index contributed by atoms with van der Waals surface area (Å²) in [7, 11) is 0. The van der Waals surface area contributed by atoms with E-state index in [9.17, 15) is 4.39 Å². The molecule has 0 aromatic heterocycles. The summed E-state index contributed by atoms with van der Waals surface area (Å²) < 4.78 is 18.4. The molecular weight excluding hydrogens is 297 g/mol. The lowest BCUT2D eigenvalue weighted by atomic mass is 10.2. The van der Waals surface area contributed by atoms with E-state index in [2.05, 4.69) is 10.5 Å². The van der Waals surface area contributed by atoms with E-state index < -0.39 is 5.84 Å². The second-order valence-corrected chi connectivity index (χ2v) is 4.54. The molecule has 0 amide bonds. The highest BCUT2D eigenvalue weighted by Crippen LogP contribution is 2.18. The van der Waals surface area contributed by atoms with Crippen LogP contribution in [0.1, 0.15) is 5.56 Å². The van der Waals surface area contributed by atoms with E-state index >= 15 is 0 Å². The van der Waals surface area contributed by atoms with Gasteiger partial charge in [-0.25, -0.2) is 4.39 Å². The zero-order valence-corrected chi connectivity index (χ0v) is 12.1. The van der Waals surface area contributed by atoms with Crippen molar-refractivity contribution in [3.05, 3.63) is 59.9 Å². The molecular formula is C16H14FN5O. The number of nitrogens with zero attached hydrogens (tertiary/aromatic N) is 2. The van der Waals surface area contributed by atoms with Gasteiger partial charge in [-0.1, -0.05) is 18.2 Å². The molecule has 0 bridgehead atoms.